The molecule has 0 fully saturated rings. The number of fused-ring (bicyclic) bond motifs is 1. The third-order valence-corrected chi connectivity index (χ3v) is 6.51. The van der Waals surface area contributed by atoms with Gasteiger partial charge in [0.2, 0.25) is 9.77 Å². The Hall–Kier alpha value is -2.10. The molecule has 0 aliphatic carbocycles. The predicted molar refractivity (Wildman–Crippen MR) is 88.9 cm³/mol. The molecule has 24 heavy (non-hydrogen) atoms. The second-order valence-corrected chi connectivity index (χ2v) is 8.24. The molecular formula is C14H9ClN2O5S2. The van der Waals surface area contributed by atoms with Crippen molar-refractivity contribution in [1.29, 1.82) is 0 Å². The van der Waals surface area contributed by atoms with Gasteiger partial charge in [-0.1, -0.05) is 29.9 Å². The summed E-state index contributed by atoms with van der Waals surface area (Å²) in [5.41, 5.74) is -0.0278. The largest absolute Gasteiger partial charge is 0.463 e. The van der Waals surface area contributed by atoms with Crippen LogP contribution in [0.4, 0.5) is 0 Å². The smallest absolute Gasteiger partial charge is 0.268 e. The van der Waals surface area contributed by atoms with E-state index >= 15 is 0 Å². The summed E-state index contributed by atoms with van der Waals surface area (Å²) in [6.45, 7) is 1.43. The summed E-state index contributed by atoms with van der Waals surface area (Å²) in [6, 6.07) is 4.59. The predicted octanol–water partition coefficient (Wildman–Crippen LogP) is 2.68. The molecule has 0 amide bonds. The molecule has 3 aromatic rings. The minimum atomic E-state index is -4.19. The summed E-state index contributed by atoms with van der Waals surface area (Å²) in [5.74, 6) is 0. The summed E-state index contributed by atoms with van der Waals surface area (Å²) < 4.78 is 28.9. The third kappa shape index (κ3) is 2.74. The van der Waals surface area contributed by atoms with Crippen LogP contribution in [-0.4, -0.2) is 23.7 Å². The van der Waals surface area contributed by atoms with Gasteiger partial charge >= 0.3 is 0 Å². The van der Waals surface area contributed by atoms with E-state index < -0.39 is 24.7 Å². The lowest BCUT2D eigenvalue weighted by molar-refractivity contribution is -0.111. The van der Waals surface area contributed by atoms with Crippen LogP contribution in [0.15, 0.2) is 38.0 Å². The molecule has 0 aliphatic rings. The average Bonchev–Trinajstić information content (AvgIpc) is 3.05. The topological polar surface area (TPSA) is 107 Å². The average molecular weight is 385 g/mol. The number of sulfone groups is 1. The lowest BCUT2D eigenvalue weighted by atomic mass is 10.2. The van der Waals surface area contributed by atoms with Gasteiger partial charge in [-0.25, -0.2) is 8.42 Å². The molecule has 0 spiro atoms. The Morgan fingerprint density at radius 3 is 2.79 bits per heavy atom. The summed E-state index contributed by atoms with van der Waals surface area (Å²) in [6.07, 6.45) is 1.00. The number of benzene rings is 1. The van der Waals surface area contributed by atoms with Crippen molar-refractivity contribution < 1.29 is 17.6 Å². The quantitative estimate of drug-likeness (QED) is 0.683. The highest BCUT2D eigenvalue weighted by atomic mass is 35.5. The summed E-state index contributed by atoms with van der Waals surface area (Å²) in [4.78, 5) is 24.0. The van der Waals surface area contributed by atoms with Gasteiger partial charge in [0.1, 0.15) is 11.8 Å². The lowest BCUT2D eigenvalue weighted by Gasteiger charge is -1.99. The maximum atomic E-state index is 12.5. The number of halogens is 1. The van der Waals surface area contributed by atoms with Gasteiger partial charge in [-0.3, -0.25) is 9.59 Å². The van der Waals surface area contributed by atoms with Gasteiger partial charge in [-0.2, -0.15) is 0 Å². The van der Waals surface area contributed by atoms with E-state index in [0.717, 1.165) is 0 Å². The van der Waals surface area contributed by atoms with Gasteiger partial charge in [0.15, 0.2) is 5.01 Å². The zero-order valence-electron chi connectivity index (χ0n) is 12.1. The molecule has 3 rings (SSSR count). The number of nitrogens with zero attached hydrogens (tertiary/aromatic N) is 2. The Morgan fingerprint density at radius 2 is 2.08 bits per heavy atom. The van der Waals surface area contributed by atoms with E-state index in [4.69, 9.17) is 16.0 Å². The molecule has 7 nitrogen and oxygen atoms in total. The lowest BCUT2D eigenvalue weighted by Crippen LogP contribution is -2.13. The maximum Gasteiger partial charge on any atom is 0.268 e. The summed E-state index contributed by atoms with van der Waals surface area (Å²) in [5, 5.41) is 6.92. The van der Waals surface area contributed by atoms with Crippen LogP contribution in [0.25, 0.3) is 21.5 Å². The maximum absolute atomic E-state index is 12.5. The molecule has 2 aromatic heterocycles. The number of aromatic nitrogens is 2. The fraction of sp³-hybridized carbons (Fsp3) is 0.143. The van der Waals surface area contributed by atoms with E-state index in [1.807, 2.05) is 0 Å². The van der Waals surface area contributed by atoms with Crippen LogP contribution in [0.5, 0.6) is 0 Å². The van der Waals surface area contributed by atoms with Crippen LogP contribution in [0.3, 0.4) is 0 Å². The van der Waals surface area contributed by atoms with Crippen LogP contribution in [0, 0.1) is 0 Å². The fourth-order valence-electron chi connectivity index (χ4n) is 1.97. The first-order valence-corrected chi connectivity index (χ1v) is 9.35. The molecule has 0 radical (unpaired) electrons. The van der Waals surface area contributed by atoms with Crippen molar-refractivity contribution in [2.24, 2.45) is 0 Å². The molecule has 0 saturated heterocycles. The molecule has 0 unspecified atom stereocenters. The van der Waals surface area contributed by atoms with Crippen LogP contribution in [0.1, 0.15) is 13.3 Å². The van der Waals surface area contributed by atoms with Crippen molar-refractivity contribution in [2.75, 3.05) is 0 Å². The monoisotopic (exact) mass is 384 g/mol. The SMILES string of the molecule is CCC(=O)S(=O)(=O)c1nnc(-c2coc3ccc(Cl)cc3c2=O)s1. The second kappa shape index (κ2) is 6.08. The number of carbonyl (C=O) groups excluding carboxylic acids is 1. The molecule has 1 aromatic carbocycles. The zero-order chi connectivity index (χ0) is 17.5. The van der Waals surface area contributed by atoms with Gasteiger partial charge in [0.05, 0.1) is 10.9 Å². The highest BCUT2D eigenvalue weighted by Crippen LogP contribution is 2.27. The zero-order valence-corrected chi connectivity index (χ0v) is 14.5. The molecule has 0 saturated carbocycles. The van der Waals surface area contributed by atoms with Crippen molar-refractivity contribution >= 4 is 48.9 Å². The minimum absolute atomic E-state index is 0.0488. The van der Waals surface area contributed by atoms with E-state index in [-0.39, 0.29) is 22.4 Å². The number of hydrogen-bond acceptors (Lipinski definition) is 8. The Labute approximate surface area is 144 Å². The van der Waals surface area contributed by atoms with E-state index in [1.165, 1.54) is 19.3 Å². The highest BCUT2D eigenvalue weighted by Gasteiger charge is 2.28. The Balaban J connectivity index is 2.15. The molecular weight excluding hydrogens is 376 g/mol. The molecule has 10 heteroatoms. The molecule has 0 N–H and O–H groups in total. The van der Waals surface area contributed by atoms with Gasteiger partial charge in [0.25, 0.3) is 15.0 Å². The second-order valence-electron chi connectivity index (χ2n) is 4.72. The third-order valence-electron chi connectivity index (χ3n) is 3.19. The van der Waals surface area contributed by atoms with Crippen LogP contribution < -0.4 is 5.43 Å². The first-order valence-electron chi connectivity index (χ1n) is 6.67. The first-order chi connectivity index (χ1) is 11.3. The van der Waals surface area contributed by atoms with Crippen molar-refractivity contribution in [3.05, 3.63) is 39.7 Å². The van der Waals surface area contributed by atoms with Crippen LogP contribution in [-0.2, 0) is 14.6 Å². The van der Waals surface area contributed by atoms with Gasteiger partial charge < -0.3 is 4.42 Å². The molecule has 2 heterocycles. The van der Waals surface area contributed by atoms with Crippen molar-refractivity contribution in [3.8, 4) is 10.6 Å². The van der Waals surface area contributed by atoms with E-state index in [9.17, 15) is 18.0 Å². The highest BCUT2D eigenvalue weighted by molar-refractivity contribution is 8.07. The van der Waals surface area contributed by atoms with E-state index in [1.54, 1.807) is 12.1 Å². The van der Waals surface area contributed by atoms with Crippen molar-refractivity contribution in [1.82, 2.24) is 10.2 Å². The summed E-state index contributed by atoms with van der Waals surface area (Å²) >= 11 is 6.52. The first kappa shape index (κ1) is 16.7. The summed E-state index contributed by atoms with van der Waals surface area (Å²) in [7, 11) is -4.19. The number of hydrogen-bond donors (Lipinski definition) is 0. The number of rotatable bonds is 3. The normalized spacial score (nSPS) is 11.8. The molecule has 124 valence electrons. The Morgan fingerprint density at radius 1 is 1.33 bits per heavy atom. The van der Waals surface area contributed by atoms with Crippen LogP contribution in [0.2, 0.25) is 5.02 Å². The Bertz CT molecular complexity index is 1120. The van der Waals surface area contributed by atoms with E-state index in [0.29, 0.717) is 21.9 Å². The molecule has 0 aliphatic heterocycles. The van der Waals surface area contributed by atoms with Gasteiger partial charge in [0, 0.05) is 11.4 Å². The van der Waals surface area contributed by atoms with Crippen LogP contribution >= 0.6 is 22.9 Å². The number of carbonyl (C=O) groups is 1. The van der Waals surface area contributed by atoms with Crippen molar-refractivity contribution in [2.45, 2.75) is 17.7 Å². The minimum Gasteiger partial charge on any atom is -0.463 e. The Kier molecular flexibility index (Phi) is 4.24. The molecule has 0 atom stereocenters. The molecule has 0 bridgehead atoms. The fourth-order valence-corrected chi connectivity index (χ4v) is 4.39. The van der Waals surface area contributed by atoms with E-state index in [2.05, 4.69) is 10.2 Å². The standard InChI is InChI=1S/C14H9ClN2O5S2/c1-2-11(18)24(20,21)14-17-16-13(23-14)9-6-22-10-4-3-7(15)5-8(10)12(9)19/h3-6H,2H2,1H3. The van der Waals surface area contributed by atoms with Crippen molar-refractivity contribution in [3.63, 3.8) is 0 Å². The van der Waals surface area contributed by atoms with Gasteiger partial charge in [-0.15, -0.1) is 10.2 Å². The van der Waals surface area contributed by atoms with Gasteiger partial charge in [-0.05, 0) is 18.2 Å².